The SMILES string of the molecule is CCCCCC(C)NC(C)(C)C(N)=O. The van der Waals surface area contributed by atoms with Crippen molar-refractivity contribution >= 4 is 5.91 Å². The van der Waals surface area contributed by atoms with Crippen LogP contribution in [-0.2, 0) is 4.79 Å². The number of hydrogen-bond donors (Lipinski definition) is 2. The Bertz CT molecular complexity index is 178. The highest BCUT2D eigenvalue weighted by molar-refractivity contribution is 5.83. The Morgan fingerprint density at radius 1 is 1.43 bits per heavy atom. The highest BCUT2D eigenvalue weighted by Gasteiger charge is 2.25. The molecular weight excluding hydrogens is 176 g/mol. The van der Waals surface area contributed by atoms with Crippen molar-refractivity contribution < 1.29 is 4.79 Å². The first-order chi connectivity index (χ1) is 6.40. The van der Waals surface area contributed by atoms with E-state index >= 15 is 0 Å². The molecule has 0 bridgehead atoms. The fourth-order valence-corrected chi connectivity index (χ4v) is 1.46. The summed E-state index contributed by atoms with van der Waals surface area (Å²) in [5.41, 5.74) is 4.68. The maximum Gasteiger partial charge on any atom is 0.237 e. The van der Waals surface area contributed by atoms with Crippen molar-refractivity contribution in [2.75, 3.05) is 0 Å². The highest BCUT2D eigenvalue weighted by Crippen LogP contribution is 2.08. The van der Waals surface area contributed by atoms with E-state index in [2.05, 4.69) is 19.2 Å². The zero-order valence-corrected chi connectivity index (χ0v) is 9.89. The second-order valence-corrected chi connectivity index (χ2v) is 4.53. The maximum atomic E-state index is 11.0. The number of rotatable bonds is 7. The van der Waals surface area contributed by atoms with Crippen molar-refractivity contribution in [1.29, 1.82) is 0 Å². The Morgan fingerprint density at radius 3 is 2.43 bits per heavy atom. The molecule has 14 heavy (non-hydrogen) atoms. The molecule has 0 heterocycles. The predicted octanol–water partition coefficient (Wildman–Crippen LogP) is 1.81. The van der Waals surface area contributed by atoms with Gasteiger partial charge in [-0.3, -0.25) is 4.79 Å². The average molecular weight is 200 g/mol. The summed E-state index contributed by atoms with van der Waals surface area (Å²) in [5, 5.41) is 3.24. The van der Waals surface area contributed by atoms with Gasteiger partial charge in [-0.15, -0.1) is 0 Å². The molecule has 0 aromatic rings. The van der Waals surface area contributed by atoms with Gasteiger partial charge in [-0.2, -0.15) is 0 Å². The fraction of sp³-hybridized carbons (Fsp3) is 0.909. The van der Waals surface area contributed by atoms with Gasteiger partial charge >= 0.3 is 0 Å². The van der Waals surface area contributed by atoms with Gasteiger partial charge in [0.25, 0.3) is 0 Å². The number of carbonyl (C=O) groups is 1. The first-order valence-electron chi connectivity index (χ1n) is 5.47. The van der Waals surface area contributed by atoms with Crippen LogP contribution in [0.1, 0.15) is 53.4 Å². The number of hydrogen-bond acceptors (Lipinski definition) is 2. The lowest BCUT2D eigenvalue weighted by Crippen LogP contribution is -2.53. The second-order valence-electron chi connectivity index (χ2n) is 4.53. The van der Waals surface area contributed by atoms with Crippen LogP contribution in [-0.4, -0.2) is 17.5 Å². The van der Waals surface area contributed by atoms with E-state index in [-0.39, 0.29) is 5.91 Å². The molecule has 1 atom stereocenters. The van der Waals surface area contributed by atoms with E-state index in [9.17, 15) is 4.79 Å². The molecular formula is C11H24N2O. The van der Waals surface area contributed by atoms with Gasteiger partial charge in [0.1, 0.15) is 0 Å². The normalized spacial score (nSPS) is 14.0. The lowest BCUT2D eigenvalue weighted by atomic mass is 10.0. The van der Waals surface area contributed by atoms with Gasteiger partial charge in [0.05, 0.1) is 5.54 Å². The van der Waals surface area contributed by atoms with E-state index in [1.807, 2.05) is 13.8 Å². The minimum atomic E-state index is -0.592. The number of carbonyl (C=O) groups excluding carboxylic acids is 1. The summed E-state index contributed by atoms with van der Waals surface area (Å²) in [6.45, 7) is 7.93. The predicted molar refractivity (Wildman–Crippen MR) is 60.0 cm³/mol. The number of nitrogens with two attached hydrogens (primary N) is 1. The monoisotopic (exact) mass is 200 g/mol. The van der Waals surface area contributed by atoms with Crippen LogP contribution in [0, 0.1) is 0 Å². The summed E-state index contributed by atoms with van der Waals surface area (Å²) in [5.74, 6) is -0.292. The third-order valence-electron chi connectivity index (χ3n) is 2.46. The molecule has 0 rings (SSSR count). The van der Waals surface area contributed by atoms with Crippen molar-refractivity contribution in [1.82, 2.24) is 5.32 Å². The molecule has 3 N–H and O–H groups in total. The lowest BCUT2D eigenvalue weighted by Gasteiger charge is -2.27. The number of nitrogens with one attached hydrogen (secondary N) is 1. The largest absolute Gasteiger partial charge is 0.368 e. The topological polar surface area (TPSA) is 55.1 Å². The van der Waals surface area contributed by atoms with Gasteiger partial charge in [0.2, 0.25) is 5.91 Å². The highest BCUT2D eigenvalue weighted by atomic mass is 16.1. The van der Waals surface area contributed by atoms with Gasteiger partial charge in [-0.1, -0.05) is 26.2 Å². The molecule has 0 aromatic carbocycles. The molecule has 3 heteroatoms. The molecule has 0 saturated carbocycles. The molecule has 0 radical (unpaired) electrons. The third kappa shape index (κ3) is 5.22. The zero-order valence-electron chi connectivity index (χ0n) is 9.89. The summed E-state index contributed by atoms with van der Waals surface area (Å²) in [6.07, 6.45) is 4.79. The smallest absolute Gasteiger partial charge is 0.237 e. The van der Waals surface area contributed by atoms with E-state index in [4.69, 9.17) is 5.73 Å². The van der Waals surface area contributed by atoms with Gasteiger partial charge < -0.3 is 11.1 Å². The molecule has 3 nitrogen and oxygen atoms in total. The van der Waals surface area contributed by atoms with Crippen molar-refractivity contribution in [3.8, 4) is 0 Å². The summed E-state index contributed by atoms with van der Waals surface area (Å²) in [7, 11) is 0. The fourth-order valence-electron chi connectivity index (χ4n) is 1.46. The van der Waals surface area contributed by atoms with Crippen molar-refractivity contribution in [3.05, 3.63) is 0 Å². The first kappa shape index (κ1) is 13.4. The molecule has 1 amide bonds. The number of primary amides is 1. The summed E-state index contributed by atoms with van der Waals surface area (Å²) in [4.78, 5) is 11.0. The molecule has 0 aliphatic carbocycles. The summed E-state index contributed by atoms with van der Waals surface area (Å²) >= 11 is 0. The third-order valence-corrected chi connectivity index (χ3v) is 2.46. The van der Waals surface area contributed by atoms with Gasteiger partial charge in [0, 0.05) is 6.04 Å². The van der Waals surface area contributed by atoms with Crippen LogP contribution >= 0.6 is 0 Å². The van der Waals surface area contributed by atoms with Gasteiger partial charge in [-0.05, 0) is 27.2 Å². The van der Waals surface area contributed by atoms with Crippen LogP contribution in [0.15, 0.2) is 0 Å². The van der Waals surface area contributed by atoms with E-state index in [0.29, 0.717) is 6.04 Å². The first-order valence-corrected chi connectivity index (χ1v) is 5.47. The Labute approximate surface area is 87.4 Å². The van der Waals surface area contributed by atoms with Crippen LogP contribution in [0.25, 0.3) is 0 Å². The minimum absolute atomic E-state index is 0.292. The van der Waals surface area contributed by atoms with Crippen LogP contribution < -0.4 is 11.1 Å². The van der Waals surface area contributed by atoms with Crippen LogP contribution in [0.5, 0.6) is 0 Å². The minimum Gasteiger partial charge on any atom is -0.368 e. The lowest BCUT2D eigenvalue weighted by molar-refractivity contribution is -0.123. The standard InChI is InChI=1S/C11H24N2O/c1-5-6-7-8-9(2)13-11(3,4)10(12)14/h9,13H,5-8H2,1-4H3,(H2,12,14). The zero-order chi connectivity index (χ0) is 11.2. The Hall–Kier alpha value is -0.570. The van der Waals surface area contributed by atoms with Gasteiger partial charge in [0.15, 0.2) is 0 Å². The Morgan fingerprint density at radius 2 is 2.00 bits per heavy atom. The van der Waals surface area contributed by atoms with Crippen molar-refractivity contribution in [3.63, 3.8) is 0 Å². The molecule has 0 aromatic heterocycles. The van der Waals surface area contributed by atoms with Crippen LogP contribution in [0.2, 0.25) is 0 Å². The molecule has 1 unspecified atom stereocenters. The van der Waals surface area contributed by atoms with Crippen molar-refractivity contribution in [2.45, 2.75) is 65.0 Å². The molecule has 84 valence electrons. The van der Waals surface area contributed by atoms with Crippen molar-refractivity contribution in [2.24, 2.45) is 5.73 Å². The quantitative estimate of drug-likeness (QED) is 0.616. The number of unbranched alkanes of at least 4 members (excludes halogenated alkanes) is 2. The van der Waals surface area contributed by atoms with E-state index in [1.54, 1.807) is 0 Å². The number of amides is 1. The Kier molecular flexibility index (Phi) is 5.77. The van der Waals surface area contributed by atoms with E-state index < -0.39 is 5.54 Å². The maximum absolute atomic E-state index is 11.0. The van der Waals surface area contributed by atoms with E-state index in [0.717, 1.165) is 6.42 Å². The molecule has 0 fully saturated rings. The molecule has 0 saturated heterocycles. The second kappa shape index (κ2) is 6.02. The summed E-state index contributed by atoms with van der Waals surface area (Å²) < 4.78 is 0. The molecule has 0 spiro atoms. The molecule has 0 aliphatic heterocycles. The summed E-state index contributed by atoms with van der Waals surface area (Å²) in [6, 6.07) is 0.351. The average Bonchev–Trinajstić information content (AvgIpc) is 2.03. The Balaban J connectivity index is 3.81. The van der Waals surface area contributed by atoms with E-state index in [1.165, 1.54) is 19.3 Å². The molecule has 0 aliphatic rings. The van der Waals surface area contributed by atoms with Crippen LogP contribution in [0.4, 0.5) is 0 Å². The van der Waals surface area contributed by atoms with Crippen LogP contribution in [0.3, 0.4) is 0 Å². The van der Waals surface area contributed by atoms with Gasteiger partial charge in [-0.25, -0.2) is 0 Å².